The van der Waals surface area contributed by atoms with Gasteiger partial charge in [0, 0.05) is 0 Å². The standard InChI is InChI=1S/C12H20BP/c1-14(13)9-5-8-12(14)10-11-6-3-2-4-7-11/h2-4,6-7,12,14H,5,8-10,13H2,1H3/t12-/m0/s1. The minimum absolute atomic E-state index is 0.852. The Morgan fingerprint density at radius 2 is 2.07 bits per heavy atom. The molecule has 1 fully saturated rings. The zero-order valence-corrected chi connectivity index (χ0v) is 10.3. The summed E-state index contributed by atoms with van der Waals surface area (Å²) in [6.45, 7) is 2.56. The molecule has 0 amide bonds. The first-order valence-corrected chi connectivity index (χ1v) is 9.01. The van der Waals surface area contributed by atoms with Crippen LogP contribution in [0.15, 0.2) is 30.3 Å². The zero-order valence-electron chi connectivity index (χ0n) is 9.29. The molecule has 2 rings (SSSR count). The Kier molecular flexibility index (Phi) is 2.97. The Morgan fingerprint density at radius 1 is 1.36 bits per heavy atom. The summed E-state index contributed by atoms with van der Waals surface area (Å²) in [5.41, 5.74) is 2.57. The molecule has 0 aromatic heterocycles. The van der Waals surface area contributed by atoms with Crippen molar-refractivity contribution in [1.29, 1.82) is 0 Å². The average molecular weight is 206 g/mol. The Labute approximate surface area is 88.8 Å². The van der Waals surface area contributed by atoms with E-state index in [0.717, 1.165) is 5.66 Å². The zero-order chi connectivity index (χ0) is 10.0. The summed E-state index contributed by atoms with van der Waals surface area (Å²) in [4.78, 5) is 0. The van der Waals surface area contributed by atoms with Gasteiger partial charge in [0.05, 0.1) is 0 Å². The third kappa shape index (κ3) is 2.20. The van der Waals surface area contributed by atoms with E-state index in [9.17, 15) is 0 Å². The monoisotopic (exact) mass is 206 g/mol. The molecule has 0 saturated carbocycles. The predicted molar refractivity (Wildman–Crippen MR) is 70.8 cm³/mol. The molecule has 76 valence electrons. The van der Waals surface area contributed by atoms with Crippen LogP contribution in [0.5, 0.6) is 0 Å². The van der Waals surface area contributed by atoms with E-state index in [-0.39, 0.29) is 0 Å². The number of hydrogen-bond donors (Lipinski definition) is 0. The van der Waals surface area contributed by atoms with Crippen LogP contribution in [0.1, 0.15) is 18.4 Å². The summed E-state index contributed by atoms with van der Waals surface area (Å²) in [6, 6.07) is 11.0. The van der Waals surface area contributed by atoms with E-state index in [1.807, 2.05) is 0 Å². The number of hydrogen-bond acceptors (Lipinski definition) is 0. The van der Waals surface area contributed by atoms with Gasteiger partial charge in [0.1, 0.15) is 0 Å². The van der Waals surface area contributed by atoms with Gasteiger partial charge in [-0.05, 0) is 0 Å². The molecule has 0 radical (unpaired) electrons. The first-order valence-electron chi connectivity index (χ1n) is 5.72. The van der Waals surface area contributed by atoms with Crippen molar-refractivity contribution in [1.82, 2.24) is 0 Å². The van der Waals surface area contributed by atoms with Crippen LogP contribution in [0.3, 0.4) is 0 Å². The Bertz CT molecular complexity index is 294. The molecule has 1 aromatic carbocycles. The second kappa shape index (κ2) is 4.07. The van der Waals surface area contributed by atoms with Crippen molar-refractivity contribution in [3.8, 4) is 0 Å². The maximum atomic E-state index is 2.56. The summed E-state index contributed by atoms with van der Waals surface area (Å²) < 4.78 is 0. The molecule has 0 spiro atoms. The average Bonchev–Trinajstić information content (AvgIpc) is 2.48. The molecule has 14 heavy (non-hydrogen) atoms. The van der Waals surface area contributed by atoms with Crippen molar-refractivity contribution in [2.75, 3.05) is 12.8 Å². The maximum absolute atomic E-state index is 2.56. The van der Waals surface area contributed by atoms with Crippen molar-refractivity contribution in [3.63, 3.8) is 0 Å². The van der Waals surface area contributed by atoms with Gasteiger partial charge in [0.15, 0.2) is 0 Å². The van der Waals surface area contributed by atoms with E-state index in [2.05, 4.69) is 44.6 Å². The second-order valence-electron chi connectivity index (χ2n) is 5.27. The Hall–Kier alpha value is -0.285. The van der Waals surface area contributed by atoms with E-state index >= 15 is 0 Å². The third-order valence-electron chi connectivity index (χ3n) is 3.80. The van der Waals surface area contributed by atoms with Gasteiger partial charge in [0.25, 0.3) is 0 Å². The van der Waals surface area contributed by atoms with E-state index < -0.39 is 7.14 Å². The van der Waals surface area contributed by atoms with Gasteiger partial charge < -0.3 is 0 Å². The fourth-order valence-electron chi connectivity index (χ4n) is 2.68. The molecule has 1 saturated heterocycles. The van der Waals surface area contributed by atoms with Crippen LogP contribution in [-0.2, 0) is 6.42 Å². The van der Waals surface area contributed by atoms with E-state index in [1.54, 1.807) is 11.7 Å². The van der Waals surface area contributed by atoms with Gasteiger partial charge in [-0.3, -0.25) is 0 Å². The fourth-order valence-corrected chi connectivity index (χ4v) is 5.97. The fraction of sp³-hybridized carbons (Fsp3) is 0.500. The Morgan fingerprint density at radius 3 is 2.64 bits per heavy atom. The van der Waals surface area contributed by atoms with E-state index in [1.165, 1.54) is 19.3 Å². The second-order valence-corrected chi connectivity index (χ2v) is 10.6. The molecular formula is C12H20BP. The van der Waals surface area contributed by atoms with Crippen LogP contribution in [0, 0.1) is 0 Å². The van der Waals surface area contributed by atoms with Gasteiger partial charge in [-0.2, -0.15) is 0 Å². The molecule has 0 bridgehead atoms. The van der Waals surface area contributed by atoms with Gasteiger partial charge in [-0.15, -0.1) is 0 Å². The summed E-state index contributed by atoms with van der Waals surface area (Å²) in [7, 11) is 1.71. The molecule has 0 unspecified atom stereocenters. The summed E-state index contributed by atoms with van der Waals surface area (Å²) in [5.74, 6) is 0. The molecule has 1 aliphatic rings. The summed E-state index contributed by atoms with van der Waals surface area (Å²) >= 11 is 0. The number of rotatable bonds is 2. The summed E-state index contributed by atoms with van der Waals surface area (Å²) in [6.07, 6.45) is 5.84. The van der Waals surface area contributed by atoms with Crippen molar-refractivity contribution >= 4 is 14.7 Å². The quantitative estimate of drug-likeness (QED) is 0.514. The Balaban J connectivity index is 2.05. The molecule has 1 atom stereocenters. The number of benzene rings is 1. The van der Waals surface area contributed by atoms with E-state index in [0.29, 0.717) is 0 Å². The minimum atomic E-state index is -0.852. The molecule has 1 heterocycles. The first kappa shape index (κ1) is 10.2. The van der Waals surface area contributed by atoms with Crippen LogP contribution < -0.4 is 0 Å². The van der Waals surface area contributed by atoms with Crippen LogP contribution >= 0.6 is 7.14 Å². The third-order valence-corrected chi connectivity index (χ3v) is 8.15. The van der Waals surface area contributed by atoms with Gasteiger partial charge in [0.2, 0.25) is 0 Å². The normalized spacial score (nSPS) is 27.4. The van der Waals surface area contributed by atoms with Crippen molar-refractivity contribution in [3.05, 3.63) is 35.9 Å². The van der Waals surface area contributed by atoms with Crippen molar-refractivity contribution in [2.45, 2.75) is 24.9 Å². The van der Waals surface area contributed by atoms with E-state index in [4.69, 9.17) is 0 Å². The molecule has 2 heteroatoms. The van der Waals surface area contributed by atoms with Crippen LogP contribution in [0.25, 0.3) is 0 Å². The SMILES string of the molecule is B[PH]1(C)CCC[C@H]1Cc1ccccc1. The van der Waals surface area contributed by atoms with Crippen molar-refractivity contribution in [2.24, 2.45) is 0 Å². The predicted octanol–water partition coefficient (Wildman–Crippen LogP) is 2.32. The van der Waals surface area contributed by atoms with Crippen LogP contribution in [0.2, 0.25) is 0 Å². The van der Waals surface area contributed by atoms with Gasteiger partial charge >= 0.3 is 88.4 Å². The van der Waals surface area contributed by atoms with Crippen molar-refractivity contribution < 1.29 is 0 Å². The van der Waals surface area contributed by atoms with Crippen LogP contribution in [0.4, 0.5) is 0 Å². The van der Waals surface area contributed by atoms with Gasteiger partial charge in [-0.1, -0.05) is 0 Å². The van der Waals surface area contributed by atoms with Gasteiger partial charge in [-0.25, -0.2) is 0 Å². The first-order chi connectivity index (χ1) is 6.68. The molecule has 0 aliphatic carbocycles. The molecule has 1 aromatic rings. The van der Waals surface area contributed by atoms with Crippen LogP contribution in [-0.4, -0.2) is 26.1 Å². The molecule has 1 aliphatic heterocycles. The molecular weight excluding hydrogens is 186 g/mol. The molecule has 0 nitrogen and oxygen atoms in total. The summed E-state index contributed by atoms with van der Waals surface area (Å²) in [5, 5.41) is 0. The molecule has 0 N–H and O–H groups in total. The topological polar surface area (TPSA) is 0 Å².